The molecule has 0 spiro atoms. The molecule has 72 valence electrons. The third kappa shape index (κ3) is 1.19. The van der Waals surface area contributed by atoms with Gasteiger partial charge in [0, 0.05) is 11.9 Å². The average Bonchev–Trinajstić information content (AvgIpc) is 2.20. The number of hydrogen-bond acceptors (Lipinski definition) is 2. The van der Waals surface area contributed by atoms with Crippen molar-refractivity contribution in [1.82, 2.24) is 9.78 Å². The number of aryl methyl sites for hydroxylation is 1. The highest BCUT2D eigenvalue weighted by Crippen LogP contribution is 2.11. The molecule has 1 aromatic heterocycles. The Morgan fingerprint density at radius 3 is 2.93 bits per heavy atom. The Hall–Kier alpha value is -1.71. The molecule has 0 amide bonds. The summed E-state index contributed by atoms with van der Waals surface area (Å²) in [4.78, 5) is 11.6. The van der Waals surface area contributed by atoms with E-state index in [1.165, 1.54) is 23.0 Å². The lowest BCUT2D eigenvalue weighted by Gasteiger charge is -2.02. The van der Waals surface area contributed by atoms with Gasteiger partial charge in [-0.2, -0.15) is 5.10 Å². The molecule has 0 saturated heterocycles. The summed E-state index contributed by atoms with van der Waals surface area (Å²) in [5, 5.41) is 4.51. The highest BCUT2D eigenvalue weighted by molar-refractivity contribution is 5.80. The number of aromatic nitrogens is 2. The van der Waals surface area contributed by atoms with Gasteiger partial charge in [0.25, 0.3) is 5.56 Å². The molecule has 0 aliphatic rings. The predicted octanol–water partition coefficient (Wildman–Crippen LogP) is 1.56. The number of hydrogen-bond donors (Lipinski definition) is 0. The van der Waals surface area contributed by atoms with Gasteiger partial charge in [0.15, 0.2) is 0 Å². The smallest absolute Gasteiger partial charge is 0.267 e. The first kappa shape index (κ1) is 8.87. The van der Waals surface area contributed by atoms with Gasteiger partial charge in [0.2, 0.25) is 0 Å². The van der Waals surface area contributed by atoms with Crippen molar-refractivity contribution in [1.29, 1.82) is 0 Å². The van der Waals surface area contributed by atoms with E-state index in [9.17, 15) is 9.18 Å². The van der Waals surface area contributed by atoms with Crippen molar-refractivity contribution in [3.63, 3.8) is 0 Å². The van der Waals surface area contributed by atoms with Gasteiger partial charge in [-0.05, 0) is 19.1 Å². The van der Waals surface area contributed by atoms with Gasteiger partial charge in [0.05, 0.1) is 11.6 Å². The van der Waals surface area contributed by atoms with E-state index in [1.54, 1.807) is 6.07 Å². The van der Waals surface area contributed by atoms with Crippen molar-refractivity contribution in [3.05, 3.63) is 40.6 Å². The van der Waals surface area contributed by atoms with E-state index in [4.69, 9.17) is 0 Å². The molecule has 0 radical (unpaired) electrons. The van der Waals surface area contributed by atoms with Crippen LogP contribution in [0.4, 0.5) is 4.39 Å². The second kappa shape index (κ2) is 3.21. The molecule has 0 aliphatic heterocycles. The third-order valence-corrected chi connectivity index (χ3v) is 2.14. The minimum atomic E-state index is -0.407. The second-order valence-corrected chi connectivity index (χ2v) is 2.97. The fraction of sp³-hybridized carbons (Fsp3) is 0.200. The molecular weight excluding hydrogens is 183 g/mol. The van der Waals surface area contributed by atoms with Gasteiger partial charge in [0.1, 0.15) is 5.82 Å². The maximum absolute atomic E-state index is 13.2. The van der Waals surface area contributed by atoms with Crippen LogP contribution in [-0.2, 0) is 6.54 Å². The van der Waals surface area contributed by atoms with E-state index in [2.05, 4.69) is 5.10 Å². The molecule has 1 heterocycles. The molecular formula is C10H9FN2O. The summed E-state index contributed by atoms with van der Waals surface area (Å²) in [5.41, 5.74) is -0.246. The lowest BCUT2D eigenvalue weighted by Crippen LogP contribution is -2.21. The first-order valence-corrected chi connectivity index (χ1v) is 4.38. The zero-order chi connectivity index (χ0) is 10.1. The fourth-order valence-corrected chi connectivity index (χ4v) is 1.40. The summed E-state index contributed by atoms with van der Waals surface area (Å²) in [6.45, 7) is 2.31. The third-order valence-electron chi connectivity index (χ3n) is 2.14. The van der Waals surface area contributed by atoms with Crippen molar-refractivity contribution in [2.45, 2.75) is 13.5 Å². The zero-order valence-corrected chi connectivity index (χ0v) is 7.70. The van der Waals surface area contributed by atoms with Crippen LogP contribution in [0.2, 0.25) is 0 Å². The lowest BCUT2D eigenvalue weighted by atomic mass is 10.2. The summed E-state index contributed by atoms with van der Waals surface area (Å²) in [5.74, 6) is -0.407. The fourth-order valence-electron chi connectivity index (χ4n) is 1.40. The summed E-state index contributed by atoms with van der Waals surface area (Å²) in [6, 6.07) is 4.45. The summed E-state index contributed by atoms with van der Waals surface area (Å²) in [7, 11) is 0. The van der Waals surface area contributed by atoms with Crippen molar-refractivity contribution < 1.29 is 4.39 Å². The number of nitrogens with zero attached hydrogens (tertiary/aromatic N) is 2. The molecule has 0 saturated carbocycles. The van der Waals surface area contributed by atoms with Crippen LogP contribution in [0.5, 0.6) is 0 Å². The quantitative estimate of drug-likeness (QED) is 0.687. The van der Waals surface area contributed by atoms with Gasteiger partial charge in [-0.1, -0.05) is 6.07 Å². The van der Waals surface area contributed by atoms with Crippen LogP contribution in [0.3, 0.4) is 0 Å². The minimum Gasteiger partial charge on any atom is -0.267 e. The van der Waals surface area contributed by atoms with Gasteiger partial charge in [-0.15, -0.1) is 0 Å². The molecule has 1 aromatic carbocycles. The molecule has 3 nitrogen and oxygen atoms in total. The number of benzene rings is 1. The summed E-state index contributed by atoms with van der Waals surface area (Å²) >= 11 is 0. The molecule has 4 heteroatoms. The van der Waals surface area contributed by atoms with Crippen LogP contribution in [0.1, 0.15) is 6.92 Å². The molecule has 0 unspecified atom stereocenters. The van der Waals surface area contributed by atoms with Crippen molar-refractivity contribution in [2.75, 3.05) is 0 Å². The normalized spacial score (nSPS) is 10.7. The largest absolute Gasteiger partial charge is 0.274 e. The molecule has 2 rings (SSSR count). The topological polar surface area (TPSA) is 34.9 Å². The maximum atomic E-state index is 13.2. The Morgan fingerprint density at radius 1 is 1.43 bits per heavy atom. The molecule has 0 aliphatic carbocycles. The zero-order valence-electron chi connectivity index (χ0n) is 7.70. The van der Waals surface area contributed by atoms with Crippen molar-refractivity contribution in [3.8, 4) is 0 Å². The van der Waals surface area contributed by atoms with E-state index in [0.717, 1.165) is 0 Å². The van der Waals surface area contributed by atoms with Crippen LogP contribution in [0.25, 0.3) is 10.8 Å². The van der Waals surface area contributed by atoms with E-state index in [-0.39, 0.29) is 10.9 Å². The number of fused-ring (bicyclic) bond motifs is 1. The molecule has 0 bridgehead atoms. The highest BCUT2D eigenvalue weighted by atomic mass is 19.1. The van der Waals surface area contributed by atoms with Gasteiger partial charge in [-0.25, -0.2) is 9.07 Å². The lowest BCUT2D eigenvalue weighted by molar-refractivity contribution is 0.613. The Bertz CT molecular complexity index is 533. The van der Waals surface area contributed by atoms with Crippen LogP contribution in [0.15, 0.2) is 29.2 Å². The molecule has 14 heavy (non-hydrogen) atoms. The monoisotopic (exact) mass is 192 g/mol. The standard InChI is InChI=1S/C10H9FN2O/c1-2-13-10(14)7-4-3-5-9(11)8(7)6-12-13/h3-6H,2H2,1H3. The van der Waals surface area contributed by atoms with E-state index in [0.29, 0.717) is 11.9 Å². The first-order valence-electron chi connectivity index (χ1n) is 4.38. The maximum Gasteiger partial charge on any atom is 0.274 e. The Kier molecular flexibility index (Phi) is 2.04. The summed E-state index contributed by atoms with van der Waals surface area (Å²) in [6.07, 6.45) is 1.38. The van der Waals surface area contributed by atoms with Gasteiger partial charge < -0.3 is 0 Å². The van der Waals surface area contributed by atoms with Crippen LogP contribution < -0.4 is 5.56 Å². The van der Waals surface area contributed by atoms with E-state index < -0.39 is 5.82 Å². The number of halogens is 1. The van der Waals surface area contributed by atoms with E-state index >= 15 is 0 Å². The predicted molar refractivity (Wildman–Crippen MR) is 51.6 cm³/mol. The van der Waals surface area contributed by atoms with Crippen molar-refractivity contribution in [2.24, 2.45) is 0 Å². The Morgan fingerprint density at radius 2 is 2.21 bits per heavy atom. The molecule has 0 fully saturated rings. The Labute approximate surface area is 79.8 Å². The minimum absolute atomic E-state index is 0.246. The molecule has 0 atom stereocenters. The first-order chi connectivity index (χ1) is 6.74. The van der Waals surface area contributed by atoms with E-state index in [1.807, 2.05) is 6.92 Å². The molecule has 2 aromatic rings. The average molecular weight is 192 g/mol. The van der Waals surface area contributed by atoms with Crippen LogP contribution >= 0.6 is 0 Å². The van der Waals surface area contributed by atoms with Crippen molar-refractivity contribution >= 4 is 10.8 Å². The molecule has 0 N–H and O–H groups in total. The van der Waals surface area contributed by atoms with Crippen LogP contribution in [-0.4, -0.2) is 9.78 Å². The second-order valence-electron chi connectivity index (χ2n) is 2.97. The van der Waals surface area contributed by atoms with Crippen LogP contribution in [0, 0.1) is 5.82 Å². The highest BCUT2D eigenvalue weighted by Gasteiger charge is 2.05. The number of rotatable bonds is 1. The SMILES string of the molecule is CCn1ncc2c(F)cccc2c1=O. The van der Waals surface area contributed by atoms with Gasteiger partial charge >= 0.3 is 0 Å². The Balaban J connectivity index is 2.91. The summed E-state index contributed by atoms with van der Waals surface area (Å²) < 4.78 is 14.5. The van der Waals surface area contributed by atoms with Gasteiger partial charge in [-0.3, -0.25) is 4.79 Å².